The Morgan fingerprint density at radius 2 is 1.77 bits per heavy atom. The molecule has 0 atom stereocenters. The van der Waals surface area contributed by atoms with E-state index < -0.39 is 5.72 Å². The normalized spacial score (nSPS) is 36.3. The molecule has 0 saturated heterocycles. The van der Waals surface area contributed by atoms with Crippen LogP contribution < -0.4 is 4.74 Å². The van der Waals surface area contributed by atoms with Crippen molar-refractivity contribution < 1.29 is 9.53 Å². The van der Waals surface area contributed by atoms with Crippen LogP contribution in [0, 0.1) is 23.2 Å². The molecule has 0 radical (unpaired) electrons. The van der Waals surface area contributed by atoms with Crippen LogP contribution in [-0.2, 0) is 4.79 Å². The van der Waals surface area contributed by atoms with Gasteiger partial charge in [-0.15, -0.1) is 0 Å². The van der Waals surface area contributed by atoms with Gasteiger partial charge in [0.1, 0.15) is 11.5 Å². The number of carbonyl (C=O) groups is 1. The maximum Gasteiger partial charge on any atom is 0.194 e. The smallest absolute Gasteiger partial charge is 0.194 e. The SMILES string of the molecule is CC1(C)N=C(CC(=O)C23CC4CC(CC(C4)C2)C3)c2cc(Cl)ccc2O1. The van der Waals surface area contributed by atoms with E-state index in [1.165, 1.54) is 19.3 Å². The standard InChI is InChI=1S/C22H26ClNO2/c1-21(2)24-18(17-8-16(23)3-4-19(17)26-21)9-20(25)22-10-13-5-14(11-22)7-15(6-13)12-22/h3-4,8,13-15H,5-7,9-12H2,1-2H3. The Labute approximate surface area is 160 Å². The van der Waals surface area contributed by atoms with Crippen molar-refractivity contribution >= 4 is 23.1 Å². The maximum atomic E-state index is 13.5. The minimum absolute atomic E-state index is 0.0849. The van der Waals surface area contributed by atoms with Crippen molar-refractivity contribution in [3.8, 4) is 5.75 Å². The monoisotopic (exact) mass is 371 g/mol. The van der Waals surface area contributed by atoms with Crippen LogP contribution in [0.25, 0.3) is 0 Å². The van der Waals surface area contributed by atoms with E-state index in [0.717, 1.165) is 54.0 Å². The van der Waals surface area contributed by atoms with Gasteiger partial charge in [0.2, 0.25) is 0 Å². The molecule has 1 aromatic rings. The average Bonchev–Trinajstić information content (AvgIpc) is 2.53. The molecule has 1 aliphatic heterocycles. The van der Waals surface area contributed by atoms with Crippen LogP contribution in [-0.4, -0.2) is 17.2 Å². The number of fused-ring (bicyclic) bond motifs is 1. The third kappa shape index (κ3) is 2.70. The van der Waals surface area contributed by atoms with Crippen molar-refractivity contribution in [2.75, 3.05) is 0 Å². The van der Waals surface area contributed by atoms with Gasteiger partial charge in [-0.25, -0.2) is 4.99 Å². The van der Waals surface area contributed by atoms with Crippen LogP contribution >= 0.6 is 11.6 Å². The third-order valence-electron chi connectivity index (χ3n) is 6.97. The Hall–Kier alpha value is -1.35. The number of hydrogen-bond acceptors (Lipinski definition) is 3. The van der Waals surface area contributed by atoms with Gasteiger partial charge in [-0.05, 0) is 88.3 Å². The number of hydrogen-bond donors (Lipinski definition) is 0. The minimum Gasteiger partial charge on any atom is -0.466 e. The Morgan fingerprint density at radius 1 is 1.15 bits per heavy atom. The molecule has 4 aliphatic carbocycles. The largest absolute Gasteiger partial charge is 0.466 e. The lowest BCUT2D eigenvalue weighted by atomic mass is 9.48. The zero-order valence-corrected chi connectivity index (χ0v) is 16.3. The Balaban J connectivity index is 1.46. The Bertz CT molecular complexity index is 775. The number of carbonyl (C=O) groups excluding carboxylic acids is 1. The minimum atomic E-state index is -0.641. The number of aliphatic imine (C=N–C) groups is 1. The van der Waals surface area contributed by atoms with E-state index in [-0.39, 0.29) is 5.41 Å². The predicted molar refractivity (Wildman–Crippen MR) is 103 cm³/mol. The van der Waals surface area contributed by atoms with Crippen LogP contribution in [0.4, 0.5) is 0 Å². The first-order valence-corrected chi connectivity index (χ1v) is 10.3. The summed E-state index contributed by atoms with van der Waals surface area (Å²) in [5.74, 6) is 3.52. The number of ether oxygens (including phenoxy) is 1. The second-order valence-electron chi connectivity index (χ2n) is 9.55. The topological polar surface area (TPSA) is 38.7 Å². The quantitative estimate of drug-likeness (QED) is 0.710. The summed E-state index contributed by atoms with van der Waals surface area (Å²) in [6.07, 6.45) is 7.78. The van der Waals surface area contributed by atoms with Gasteiger partial charge in [0, 0.05) is 22.4 Å². The zero-order valence-electron chi connectivity index (χ0n) is 15.6. The molecule has 0 N–H and O–H groups in total. The highest BCUT2D eigenvalue weighted by atomic mass is 35.5. The van der Waals surface area contributed by atoms with Gasteiger partial charge in [-0.3, -0.25) is 4.79 Å². The molecule has 3 nitrogen and oxygen atoms in total. The van der Waals surface area contributed by atoms with Gasteiger partial charge in [-0.1, -0.05) is 11.6 Å². The number of Topliss-reactive ketones (excluding diaryl/α,β-unsaturated/α-hetero) is 1. The van der Waals surface area contributed by atoms with Crippen molar-refractivity contribution in [1.29, 1.82) is 0 Å². The molecule has 4 saturated carbocycles. The van der Waals surface area contributed by atoms with Gasteiger partial charge in [0.25, 0.3) is 0 Å². The van der Waals surface area contributed by atoms with Crippen LogP contribution in [0.15, 0.2) is 23.2 Å². The number of ketones is 1. The lowest BCUT2D eigenvalue weighted by molar-refractivity contribution is -0.142. The fourth-order valence-corrected chi connectivity index (χ4v) is 6.59. The summed E-state index contributed by atoms with van der Waals surface area (Å²) in [6, 6.07) is 5.61. The van der Waals surface area contributed by atoms with Gasteiger partial charge < -0.3 is 4.74 Å². The summed E-state index contributed by atoms with van der Waals surface area (Å²) in [7, 11) is 0. The Morgan fingerprint density at radius 3 is 2.38 bits per heavy atom. The van der Waals surface area contributed by atoms with Crippen LogP contribution in [0.3, 0.4) is 0 Å². The number of nitrogens with zero attached hydrogens (tertiary/aromatic N) is 1. The van der Waals surface area contributed by atoms with Crippen molar-refractivity contribution in [3.63, 3.8) is 0 Å². The molecule has 4 bridgehead atoms. The van der Waals surface area contributed by atoms with E-state index in [1.54, 1.807) is 0 Å². The fraction of sp³-hybridized carbons (Fsp3) is 0.636. The lowest BCUT2D eigenvalue weighted by Gasteiger charge is -2.56. The summed E-state index contributed by atoms with van der Waals surface area (Å²) < 4.78 is 5.98. The number of benzene rings is 1. The maximum absolute atomic E-state index is 13.5. The fourth-order valence-electron chi connectivity index (χ4n) is 6.42. The average molecular weight is 372 g/mol. The zero-order chi connectivity index (χ0) is 18.1. The van der Waals surface area contributed by atoms with Crippen molar-refractivity contribution in [3.05, 3.63) is 28.8 Å². The van der Waals surface area contributed by atoms with Gasteiger partial charge in [0.05, 0.1) is 5.71 Å². The molecular formula is C22H26ClNO2. The first-order chi connectivity index (χ1) is 12.3. The van der Waals surface area contributed by atoms with E-state index >= 15 is 0 Å². The first kappa shape index (κ1) is 16.8. The Kier molecular flexibility index (Phi) is 3.60. The van der Waals surface area contributed by atoms with Gasteiger partial charge >= 0.3 is 0 Å². The predicted octanol–water partition coefficient (Wildman–Crippen LogP) is 5.43. The molecule has 26 heavy (non-hydrogen) atoms. The van der Waals surface area contributed by atoms with E-state index in [0.29, 0.717) is 17.2 Å². The molecule has 1 aromatic carbocycles. The van der Waals surface area contributed by atoms with E-state index in [4.69, 9.17) is 21.3 Å². The second kappa shape index (κ2) is 5.58. The first-order valence-electron chi connectivity index (χ1n) is 9.93. The second-order valence-corrected chi connectivity index (χ2v) is 9.98. The molecule has 5 aliphatic rings. The molecular weight excluding hydrogens is 346 g/mol. The molecule has 6 rings (SSSR count). The molecule has 138 valence electrons. The summed E-state index contributed by atoms with van der Waals surface area (Å²) in [5.41, 5.74) is 1.01. The molecule has 0 spiro atoms. The van der Waals surface area contributed by atoms with E-state index in [2.05, 4.69) is 0 Å². The summed E-state index contributed by atoms with van der Waals surface area (Å²) >= 11 is 6.21. The van der Waals surface area contributed by atoms with Gasteiger partial charge in [-0.2, -0.15) is 0 Å². The molecule has 4 heteroatoms. The highest BCUT2D eigenvalue weighted by molar-refractivity contribution is 6.31. The third-order valence-corrected chi connectivity index (χ3v) is 7.21. The molecule has 1 heterocycles. The summed E-state index contributed by atoms with van der Waals surface area (Å²) in [4.78, 5) is 18.3. The number of halogens is 1. The van der Waals surface area contributed by atoms with Crippen LogP contribution in [0.5, 0.6) is 5.75 Å². The van der Waals surface area contributed by atoms with Gasteiger partial charge in [0.15, 0.2) is 5.72 Å². The highest BCUT2D eigenvalue weighted by Crippen LogP contribution is 2.60. The lowest BCUT2D eigenvalue weighted by Crippen LogP contribution is -2.50. The van der Waals surface area contributed by atoms with Crippen molar-refractivity contribution in [2.45, 2.75) is 64.5 Å². The van der Waals surface area contributed by atoms with Crippen molar-refractivity contribution in [2.24, 2.45) is 28.2 Å². The highest BCUT2D eigenvalue weighted by Gasteiger charge is 2.54. The molecule has 0 aromatic heterocycles. The van der Waals surface area contributed by atoms with E-state index in [1.807, 2.05) is 32.0 Å². The molecule has 0 amide bonds. The van der Waals surface area contributed by atoms with E-state index in [9.17, 15) is 4.79 Å². The summed E-state index contributed by atoms with van der Waals surface area (Å²) in [5, 5.41) is 0.655. The van der Waals surface area contributed by atoms with Crippen LogP contribution in [0.1, 0.15) is 64.4 Å². The van der Waals surface area contributed by atoms with Crippen molar-refractivity contribution in [1.82, 2.24) is 0 Å². The number of rotatable bonds is 3. The molecule has 4 fully saturated rings. The summed E-state index contributed by atoms with van der Waals surface area (Å²) in [6.45, 7) is 3.89. The van der Waals surface area contributed by atoms with Crippen LogP contribution in [0.2, 0.25) is 5.02 Å². The molecule has 0 unspecified atom stereocenters.